The van der Waals surface area contributed by atoms with Crippen LogP contribution in [0.4, 0.5) is 14.9 Å². The van der Waals surface area contributed by atoms with Crippen molar-refractivity contribution in [3.8, 4) is 5.75 Å². The van der Waals surface area contributed by atoms with Crippen LogP contribution in [0.25, 0.3) is 0 Å². The summed E-state index contributed by atoms with van der Waals surface area (Å²) in [5.74, 6) is 0.263. The van der Waals surface area contributed by atoms with Gasteiger partial charge in [0.05, 0.1) is 11.8 Å². The highest BCUT2D eigenvalue weighted by Gasteiger charge is 2.26. The molecule has 0 radical (unpaired) electrons. The van der Waals surface area contributed by atoms with E-state index in [1.807, 2.05) is 13.8 Å². The molecule has 0 aliphatic heterocycles. The maximum atomic E-state index is 14.1. The van der Waals surface area contributed by atoms with Gasteiger partial charge in [-0.05, 0) is 57.6 Å². The molecule has 2 N–H and O–H groups in total. The van der Waals surface area contributed by atoms with Crippen LogP contribution in [0.2, 0.25) is 0 Å². The molecule has 1 fully saturated rings. The number of amides is 2. The Bertz CT molecular complexity index is 557. The number of aliphatic hydroxyl groups is 1. The largest absolute Gasteiger partial charge is 0.491 e. The fourth-order valence-electron chi connectivity index (χ4n) is 3.03. The van der Waals surface area contributed by atoms with E-state index >= 15 is 0 Å². The summed E-state index contributed by atoms with van der Waals surface area (Å²) in [4.78, 5) is 14.0. The summed E-state index contributed by atoms with van der Waals surface area (Å²) in [5.41, 5.74) is 0.145. The number of benzene rings is 1. The topological polar surface area (TPSA) is 61.8 Å². The minimum absolute atomic E-state index is 0.0370. The molecule has 0 atom stereocenters. The third-order valence-corrected chi connectivity index (χ3v) is 4.50. The zero-order chi connectivity index (χ0) is 17.7. The van der Waals surface area contributed by atoms with Crippen LogP contribution in [-0.4, -0.2) is 41.8 Å². The van der Waals surface area contributed by atoms with Crippen LogP contribution < -0.4 is 10.1 Å². The molecule has 2 rings (SSSR count). The number of ether oxygens (including phenoxy) is 1. The van der Waals surface area contributed by atoms with Gasteiger partial charge in [-0.1, -0.05) is 0 Å². The number of rotatable bonds is 5. The minimum Gasteiger partial charge on any atom is -0.491 e. The second-order valence-corrected chi connectivity index (χ2v) is 6.71. The van der Waals surface area contributed by atoms with Crippen LogP contribution in [0.1, 0.15) is 39.5 Å². The van der Waals surface area contributed by atoms with Crippen molar-refractivity contribution >= 4 is 11.7 Å². The van der Waals surface area contributed by atoms with Gasteiger partial charge in [0, 0.05) is 25.8 Å². The number of hydrogen-bond acceptors (Lipinski definition) is 3. The van der Waals surface area contributed by atoms with Gasteiger partial charge in [0.15, 0.2) is 0 Å². The first-order chi connectivity index (χ1) is 11.4. The molecular weight excluding hydrogens is 311 g/mol. The first-order valence-corrected chi connectivity index (χ1v) is 8.51. The number of halogens is 1. The molecule has 2 amide bonds. The summed E-state index contributed by atoms with van der Waals surface area (Å²) < 4.78 is 19.6. The standard InChI is InChI=1S/C18H27FN2O3/c1-12(2)24-15-8-9-17(16(19)10-15)20-18(23)21(3)14-6-4-13(11-22)5-7-14/h8-10,12-14,22H,4-7,11H2,1-3H3,(H,20,23). The summed E-state index contributed by atoms with van der Waals surface area (Å²) in [6.07, 6.45) is 3.51. The molecule has 0 saturated heterocycles. The number of aliphatic hydroxyl groups excluding tert-OH is 1. The molecule has 1 aliphatic carbocycles. The average molecular weight is 338 g/mol. The van der Waals surface area contributed by atoms with Crippen LogP contribution in [0.15, 0.2) is 18.2 Å². The van der Waals surface area contributed by atoms with Gasteiger partial charge < -0.3 is 20.1 Å². The molecule has 0 spiro atoms. The fraction of sp³-hybridized carbons (Fsp3) is 0.611. The maximum Gasteiger partial charge on any atom is 0.321 e. The predicted molar refractivity (Wildman–Crippen MR) is 91.8 cm³/mol. The number of carbonyl (C=O) groups is 1. The monoisotopic (exact) mass is 338 g/mol. The number of hydrogen-bond donors (Lipinski definition) is 2. The molecule has 1 aromatic carbocycles. The lowest BCUT2D eigenvalue weighted by molar-refractivity contribution is 0.139. The van der Waals surface area contributed by atoms with Crippen molar-refractivity contribution in [3.63, 3.8) is 0 Å². The lowest BCUT2D eigenvalue weighted by Gasteiger charge is -2.34. The van der Waals surface area contributed by atoms with Crippen molar-refractivity contribution in [2.75, 3.05) is 19.0 Å². The van der Waals surface area contributed by atoms with Crippen LogP contribution >= 0.6 is 0 Å². The van der Waals surface area contributed by atoms with Crippen LogP contribution in [-0.2, 0) is 0 Å². The highest BCUT2D eigenvalue weighted by Crippen LogP contribution is 2.27. The number of nitrogens with one attached hydrogen (secondary N) is 1. The average Bonchev–Trinajstić information content (AvgIpc) is 2.56. The van der Waals surface area contributed by atoms with E-state index in [2.05, 4.69) is 5.32 Å². The third kappa shape index (κ3) is 4.84. The molecule has 1 aliphatic rings. The number of urea groups is 1. The highest BCUT2D eigenvalue weighted by atomic mass is 19.1. The summed E-state index contributed by atoms with van der Waals surface area (Å²) in [5, 5.41) is 11.8. The van der Waals surface area contributed by atoms with Gasteiger partial charge in [-0.3, -0.25) is 0 Å². The summed E-state index contributed by atoms with van der Waals surface area (Å²) in [6, 6.07) is 4.24. The van der Waals surface area contributed by atoms with E-state index in [1.54, 1.807) is 18.0 Å². The Hall–Kier alpha value is -1.82. The fourth-order valence-corrected chi connectivity index (χ4v) is 3.03. The number of anilines is 1. The zero-order valence-electron chi connectivity index (χ0n) is 14.6. The van der Waals surface area contributed by atoms with Crippen molar-refractivity contribution in [3.05, 3.63) is 24.0 Å². The van der Waals surface area contributed by atoms with Gasteiger partial charge in [-0.15, -0.1) is 0 Å². The Morgan fingerprint density at radius 3 is 2.58 bits per heavy atom. The van der Waals surface area contributed by atoms with Crippen molar-refractivity contribution in [1.29, 1.82) is 0 Å². The molecule has 24 heavy (non-hydrogen) atoms. The van der Waals surface area contributed by atoms with E-state index in [9.17, 15) is 14.3 Å². The Kier molecular flexibility index (Phi) is 6.43. The highest BCUT2D eigenvalue weighted by molar-refractivity contribution is 5.89. The van der Waals surface area contributed by atoms with E-state index in [4.69, 9.17) is 4.74 Å². The van der Waals surface area contributed by atoms with Crippen molar-refractivity contribution in [1.82, 2.24) is 4.90 Å². The Balaban J connectivity index is 1.94. The molecule has 0 heterocycles. The Morgan fingerprint density at radius 1 is 1.38 bits per heavy atom. The predicted octanol–water partition coefficient (Wildman–Crippen LogP) is 3.63. The molecule has 134 valence electrons. The van der Waals surface area contributed by atoms with E-state index in [0.717, 1.165) is 25.7 Å². The van der Waals surface area contributed by atoms with Gasteiger partial charge in [-0.2, -0.15) is 0 Å². The smallest absolute Gasteiger partial charge is 0.321 e. The van der Waals surface area contributed by atoms with Gasteiger partial charge in [-0.25, -0.2) is 9.18 Å². The maximum absolute atomic E-state index is 14.1. The molecule has 5 nitrogen and oxygen atoms in total. The molecule has 0 unspecified atom stereocenters. The SMILES string of the molecule is CC(C)Oc1ccc(NC(=O)N(C)C2CCC(CO)CC2)c(F)c1. The molecular formula is C18H27FN2O3. The molecule has 1 aromatic rings. The molecule has 6 heteroatoms. The lowest BCUT2D eigenvalue weighted by Crippen LogP contribution is -2.42. The van der Waals surface area contributed by atoms with E-state index in [-0.39, 0.29) is 30.5 Å². The lowest BCUT2D eigenvalue weighted by atomic mass is 9.86. The van der Waals surface area contributed by atoms with E-state index in [1.165, 1.54) is 12.1 Å². The molecule has 1 saturated carbocycles. The molecule has 0 aromatic heterocycles. The van der Waals surface area contributed by atoms with Crippen molar-refractivity contribution < 1.29 is 19.0 Å². The summed E-state index contributed by atoms with van der Waals surface area (Å²) in [7, 11) is 1.73. The Labute approximate surface area is 142 Å². The third-order valence-electron chi connectivity index (χ3n) is 4.50. The second kappa shape index (κ2) is 8.33. The van der Waals surface area contributed by atoms with Gasteiger partial charge in [0.2, 0.25) is 0 Å². The summed E-state index contributed by atoms with van der Waals surface area (Å²) >= 11 is 0. The van der Waals surface area contributed by atoms with Crippen LogP contribution in [0, 0.1) is 11.7 Å². The van der Waals surface area contributed by atoms with Gasteiger partial charge >= 0.3 is 6.03 Å². The molecule has 0 bridgehead atoms. The van der Waals surface area contributed by atoms with Crippen molar-refractivity contribution in [2.24, 2.45) is 5.92 Å². The minimum atomic E-state index is -0.515. The van der Waals surface area contributed by atoms with Gasteiger partial charge in [0.1, 0.15) is 11.6 Å². The number of nitrogens with zero attached hydrogens (tertiary/aromatic N) is 1. The van der Waals surface area contributed by atoms with E-state index in [0.29, 0.717) is 11.7 Å². The van der Waals surface area contributed by atoms with Gasteiger partial charge in [0.25, 0.3) is 0 Å². The number of carbonyl (C=O) groups excluding carboxylic acids is 1. The normalized spacial score (nSPS) is 20.8. The van der Waals surface area contributed by atoms with E-state index < -0.39 is 5.82 Å². The zero-order valence-corrected chi connectivity index (χ0v) is 14.6. The van der Waals surface area contributed by atoms with Crippen molar-refractivity contribution in [2.45, 2.75) is 51.7 Å². The van der Waals surface area contributed by atoms with Crippen LogP contribution in [0.3, 0.4) is 0 Å². The second-order valence-electron chi connectivity index (χ2n) is 6.71. The summed E-state index contributed by atoms with van der Waals surface area (Å²) in [6.45, 7) is 3.95. The van der Waals surface area contributed by atoms with Crippen LogP contribution in [0.5, 0.6) is 5.75 Å². The first kappa shape index (κ1) is 18.5. The Morgan fingerprint density at radius 2 is 2.04 bits per heavy atom. The first-order valence-electron chi connectivity index (χ1n) is 8.51. The quantitative estimate of drug-likeness (QED) is 0.862.